The summed E-state index contributed by atoms with van der Waals surface area (Å²) in [4.78, 5) is 10.9. The van der Waals surface area contributed by atoms with Gasteiger partial charge in [-0.2, -0.15) is 4.98 Å². The highest BCUT2D eigenvalue weighted by Gasteiger charge is 2.20. The van der Waals surface area contributed by atoms with Crippen LogP contribution in [0.4, 0.5) is 11.6 Å². The number of hydrogen-bond acceptors (Lipinski definition) is 6. The van der Waals surface area contributed by atoms with Crippen LogP contribution in [-0.4, -0.2) is 9.97 Å². The molecule has 0 radical (unpaired) electrons. The molecule has 0 saturated carbocycles. The second kappa shape index (κ2) is 10.4. The number of benzene rings is 3. The Morgan fingerprint density at radius 3 is 2.69 bits per heavy atom. The van der Waals surface area contributed by atoms with Crippen molar-refractivity contribution in [3.63, 3.8) is 0 Å². The highest BCUT2D eigenvalue weighted by Crippen LogP contribution is 2.36. The van der Waals surface area contributed by atoms with Crippen molar-refractivity contribution in [1.29, 1.82) is 0 Å². The molecule has 178 valence electrons. The lowest BCUT2D eigenvalue weighted by molar-refractivity contribution is 0.456. The maximum absolute atomic E-state index is 6.43. The minimum atomic E-state index is 0.531. The van der Waals surface area contributed by atoms with Crippen LogP contribution in [-0.2, 0) is 19.4 Å². The highest BCUT2D eigenvalue weighted by atomic mass is 32.2. The summed E-state index contributed by atoms with van der Waals surface area (Å²) in [7, 11) is 0. The number of hydrogen-bond donors (Lipinski definition) is 2. The van der Waals surface area contributed by atoms with Gasteiger partial charge >= 0.3 is 0 Å². The Labute approximate surface area is 211 Å². The second-order valence-corrected chi connectivity index (χ2v) is 10.0. The lowest BCUT2D eigenvalue weighted by Crippen LogP contribution is -2.07. The van der Waals surface area contributed by atoms with Crippen molar-refractivity contribution < 1.29 is 4.74 Å². The molecular formula is C29H30N4OS. The summed E-state index contributed by atoms with van der Waals surface area (Å²) < 4.78 is 9.79. The van der Waals surface area contributed by atoms with Gasteiger partial charge in [0.05, 0.1) is 5.69 Å². The second-order valence-electron chi connectivity index (χ2n) is 9.12. The van der Waals surface area contributed by atoms with Crippen molar-refractivity contribution in [3.8, 4) is 22.9 Å². The fourth-order valence-corrected chi connectivity index (χ4v) is 4.95. The van der Waals surface area contributed by atoms with Crippen LogP contribution in [0, 0.1) is 5.92 Å². The zero-order chi connectivity index (χ0) is 24.2. The number of nitrogens with zero attached hydrogens (tertiary/aromatic N) is 2. The van der Waals surface area contributed by atoms with Crippen molar-refractivity contribution in [2.45, 2.75) is 45.1 Å². The van der Waals surface area contributed by atoms with E-state index >= 15 is 0 Å². The monoisotopic (exact) mass is 482 g/mol. The smallest absolute Gasteiger partial charge is 0.237 e. The van der Waals surface area contributed by atoms with Crippen molar-refractivity contribution >= 4 is 23.6 Å². The normalized spacial score (nSPS) is 12.8. The summed E-state index contributed by atoms with van der Waals surface area (Å²) in [5, 5.41) is 3.50. The Morgan fingerprint density at radius 1 is 0.971 bits per heavy atom. The minimum Gasteiger partial charge on any atom is -0.439 e. The zero-order valence-corrected chi connectivity index (χ0v) is 21.2. The standard InChI is InChI=1S/C29H30N4OS/c1-4-25-27(26-14-6-5-10-21(26)15-19(2)3)31-29-32-28(25)34-23-12-7-9-20(16-23)18-30-22-11-8-13-24(17-22)35-33-29/h5-14,16-17,19,30H,4,15,18H2,1-3H3,(H,31,32,33). The Kier molecular flexibility index (Phi) is 6.91. The van der Waals surface area contributed by atoms with Crippen LogP contribution in [0.5, 0.6) is 11.6 Å². The predicted molar refractivity (Wildman–Crippen MR) is 145 cm³/mol. The molecule has 4 aromatic rings. The van der Waals surface area contributed by atoms with E-state index in [0.29, 0.717) is 24.3 Å². The molecule has 0 unspecified atom stereocenters. The zero-order valence-electron chi connectivity index (χ0n) is 20.3. The molecule has 1 aromatic heterocycles. The van der Waals surface area contributed by atoms with Gasteiger partial charge in [-0.05, 0) is 72.2 Å². The van der Waals surface area contributed by atoms with Gasteiger partial charge in [0.25, 0.3) is 0 Å². The average Bonchev–Trinajstić information content (AvgIpc) is 2.86. The first kappa shape index (κ1) is 23.2. The van der Waals surface area contributed by atoms with E-state index in [9.17, 15) is 0 Å². The number of rotatable bonds is 4. The van der Waals surface area contributed by atoms with Crippen molar-refractivity contribution in [2.75, 3.05) is 10.0 Å². The summed E-state index contributed by atoms with van der Waals surface area (Å²) in [6.07, 6.45) is 1.75. The number of aromatic nitrogens is 2. The number of nitrogens with one attached hydrogen (secondary N) is 2. The summed E-state index contributed by atoms with van der Waals surface area (Å²) >= 11 is 1.50. The average molecular weight is 483 g/mol. The maximum atomic E-state index is 6.43. The number of ether oxygens (including phenoxy) is 1. The van der Waals surface area contributed by atoms with Crippen molar-refractivity contribution in [3.05, 3.63) is 89.5 Å². The third kappa shape index (κ3) is 5.43. The van der Waals surface area contributed by atoms with Crippen molar-refractivity contribution in [2.24, 2.45) is 5.92 Å². The van der Waals surface area contributed by atoms with E-state index in [0.717, 1.165) is 51.6 Å². The summed E-state index contributed by atoms with van der Waals surface area (Å²) in [5.41, 5.74) is 6.57. The molecule has 5 rings (SSSR count). The van der Waals surface area contributed by atoms with E-state index in [4.69, 9.17) is 14.7 Å². The molecule has 0 fully saturated rings. The Balaban J connectivity index is 1.66. The van der Waals surface area contributed by atoms with E-state index in [1.165, 1.54) is 17.5 Å². The molecule has 2 heterocycles. The Bertz CT molecular complexity index is 1340. The van der Waals surface area contributed by atoms with Gasteiger partial charge in [0.15, 0.2) is 0 Å². The first-order valence-corrected chi connectivity index (χ1v) is 12.9. The van der Waals surface area contributed by atoms with Crippen LogP contribution < -0.4 is 14.8 Å². The summed E-state index contributed by atoms with van der Waals surface area (Å²) in [5.74, 6) is 2.43. The first-order chi connectivity index (χ1) is 17.1. The first-order valence-electron chi connectivity index (χ1n) is 12.1. The third-order valence-corrected chi connectivity index (χ3v) is 6.70. The topological polar surface area (TPSA) is 59.1 Å². The van der Waals surface area contributed by atoms with Gasteiger partial charge in [-0.1, -0.05) is 63.2 Å². The van der Waals surface area contributed by atoms with E-state index in [1.807, 2.05) is 12.1 Å². The molecule has 0 amide bonds. The predicted octanol–water partition coefficient (Wildman–Crippen LogP) is 7.74. The van der Waals surface area contributed by atoms with Gasteiger partial charge in [0, 0.05) is 28.3 Å². The van der Waals surface area contributed by atoms with Crippen molar-refractivity contribution in [1.82, 2.24) is 9.97 Å². The Morgan fingerprint density at radius 2 is 1.83 bits per heavy atom. The molecule has 3 aromatic carbocycles. The molecule has 6 bridgehead atoms. The quantitative estimate of drug-likeness (QED) is 0.290. The molecule has 5 nitrogen and oxygen atoms in total. The molecule has 0 saturated heterocycles. The fraction of sp³-hybridized carbons (Fsp3) is 0.241. The lowest BCUT2D eigenvalue weighted by atomic mass is 9.94. The van der Waals surface area contributed by atoms with Gasteiger partial charge < -0.3 is 10.1 Å². The lowest BCUT2D eigenvalue weighted by Gasteiger charge is -2.18. The molecule has 0 spiro atoms. The highest BCUT2D eigenvalue weighted by molar-refractivity contribution is 8.00. The summed E-state index contributed by atoms with van der Waals surface area (Å²) in [6, 6.07) is 25.0. The van der Waals surface area contributed by atoms with Gasteiger partial charge in [-0.25, -0.2) is 4.98 Å². The van der Waals surface area contributed by atoms with Crippen LogP contribution in [0.1, 0.15) is 37.5 Å². The van der Waals surface area contributed by atoms with E-state index < -0.39 is 0 Å². The number of anilines is 2. The molecule has 1 aliphatic rings. The Hall–Kier alpha value is -3.51. The van der Waals surface area contributed by atoms with Gasteiger partial charge in [0.2, 0.25) is 11.8 Å². The fourth-order valence-electron chi connectivity index (χ4n) is 4.31. The van der Waals surface area contributed by atoms with Crippen LogP contribution in [0.2, 0.25) is 0 Å². The number of fused-ring (bicyclic) bond motifs is 6. The maximum Gasteiger partial charge on any atom is 0.237 e. The largest absolute Gasteiger partial charge is 0.439 e. The molecule has 35 heavy (non-hydrogen) atoms. The van der Waals surface area contributed by atoms with Crippen LogP contribution in [0.25, 0.3) is 11.3 Å². The summed E-state index contributed by atoms with van der Waals surface area (Å²) in [6.45, 7) is 7.33. The van der Waals surface area contributed by atoms with Crippen LogP contribution in [0.15, 0.2) is 77.7 Å². The molecule has 0 aliphatic carbocycles. The molecule has 2 N–H and O–H groups in total. The van der Waals surface area contributed by atoms with Crippen LogP contribution >= 0.6 is 11.9 Å². The van der Waals surface area contributed by atoms with E-state index in [2.05, 4.69) is 91.5 Å². The molecule has 6 heteroatoms. The third-order valence-electron chi connectivity index (χ3n) is 5.93. The van der Waals surface area contributed by atoms with Crippen LogP contribution in [0.3, 0.4) is 0 Å². The molecule has 0 atom stereocenters. The van der Waals surface area contributed by atoms with E-state index in [-0.39, 0.29) is 0 Å². The molecule has 1 aliphatic heterocycles. The van der Waals surface area contributed by atoms with E-state index in [1.54, 1.807) is 0 Å². The van der Waals surface area contributed by atoms with Gasteiger partial charge in [-0.15, -0.1) is 0 Å². The SMILES string of the molecule is CCc1c2nc(nc1-c1ccccc1CC(C)C)NSc1cccc(c1)NCc1cccc(c1)O2. The van der Waals surface area contributed by atoms with Gasteiger partial charge in [0.1, 0.15) is 5.75 Å². The molecular weight excluding hydrogens is 452 g/mol. The minimum absolute atomic E-state index is 0.531. The van der Waals surface area contributed by atoms with Gasteiger partial charge in [-0.3, -0.25) is 4.72 Å².